The molecule has 4 nitrogen and oxygen atoms in total. The van der Waals surface area contributed by atoms with Crippen molar-refractivity contribution < 1.29 is 9.53 Å². The molecule has 0 amide bonds. The lowest BCUT2D eigenvalue weighted by molar-refractivity contribution is 0.0992. The van der Waals surface area contributed by atoms with E-state index in [0.717, 1.165) is 4.47 Å². The second-order valence-electron chi connectivity index (χ2n) is 3.81. The van der Waals surface area contributed by atoms with E-state index >= 15 is 0 Å². The lowest BCUT2D eigenvalue weighted by Crippen LogP contribution is -2.06. The van der Waals surface area contributed by atoms with Gasteiger partial charge in [0, 0.05) is 21.1 Å². The van der Waals surface area contributed by atoms with Crippen LogP contribution in [0.2, 0.25) is 5.02 Å². The average Bonchev–Trinajstić information content (AvgIpc) is 2.37. The third-order valence-corrected chi connectivity index (χ3v) is 3.11. The van der Waals surface area contributed by atoms with Gasteiger partial charge in [0.1, 0.15) is 6.33 Å². The topological polar surface area (TPSA) is 52.1 Å². The third-order valence-electron chi connectivity index (χ3n) is 2.43. The highest BCUT2D eigenvalue weighted by molar-refractivity contribution is 9.10. The van der Waals surface area contributed by atoms with E-state index in [1.807, 2.05) is 0 Å². The standard InChI is InChI=1S/C13H10BrClN2O2/c1-19-13-6-11(16-7-17-13)5-12(18)8-2-9(14)4-10(15)3-8/h2-4,6-7H,5H2,1H3. The van der Waals surface area contributed by atoms with Crippen LogP contribution < -0.4 is 4.74 Å². The lowest BCUT2D eigenvalue weighted by Gasteiger charge is -2.04. The zero-order chi connectivity index (χ0) is 13.8. The number of ketones is 1. The van der Waals surface area contributed by atoms with Gasteiger partial charge in [0.05, 0.1) is 19.2 Å². The van der Waals surface area contributed by atoms with Gasteiger partial charge in [-0.15, -0.1) is 0 Å². The molecule has 0 atom stereocenters. The van der Waals surface area contributed by atoms with E-state index in [0.29, 0.717) is 22.2 Å². The second-order valence-corrected chi connectivity index (χ2v) is 5.16. The number of methoxy groups -OCH3 is 1. The fraction of sp³-hybridized carbons (Fsp3) is 0.154. The Balaban J connectivity index is 2.20. The number of aromatic nitrogens is 2. The normalized spacial score (nSPS) is 10.3. The van der Waals surface area contributed by atoms with Crippen LogP contribution in [0, 0.1) is 0 Å². The number of nitrogens with zero attached hydrogens (tertiary/aromatic N) is 2. The van der Waals surface area contributed by atoms with E-state index in [1.54, 1.807) is 24.3 Å². The molecule has 0 aliphatic carbocycles. The molecule has 1 aromatic carbocycles. The van der Waals surface area contributed by atoms with Crippen LogP contribution in [0.5, 0.6) is 5.88 Å². The number of carbonyl (C=O) groups is 1. The SMILES string of the molecule is COc1cc(CC(=O)c2cc(Cl)cc(Br)c2)ncn1. The molecule has 2 rings (SSSR count). The van der Waals surface area contributed by atoms with E-state index in [9.17, 15) is 4.79 Å². The summed E-state index contributed by atoms with van der Waals surface area (Å²) >= 11 is 9.22. The molecular formula is C13H10BrClN2O2. The van der Waals surface area contributed by atoms with Crippen molar-refractivity contribution in [3.63, 3.8) is 0 Å². The van der Waals surface area contributed by atoms with Gasteiger partial charge >= 0.3 is 0 Å². The summed E-state index contributed by atoms with van der Waals surface area (Å²) in [5.41, 5.74) is 1.14. The van der Waals surface area contributed by atoms with Gasteiger partial charge in [-0.25, -0.2) is 9.97 Å². The smallest absolute Gasteiger partial charge is 0.216 e. The monoisotopic (exact) mass is 340 g/mol. The van der Waals surface area contributed by atoms with Crippen molar-refractivity contribution in [2.75, 3.05) is 7.11 Å². The zero-order valence-corrected chi connectivity index (χ0v) is 12.4. The number of halogens is 2. The summed E-state index contributed by atoms with van der Waals surface area (Å²) < 4.78 is 5.76. The van der Waals surface area contributed by atoms with Gasteiger partial charge in [0.25, 0.3) is 0 Å². The Bertz CT molecular complexity index is 599. The van der Waals surface area contributed by atoms with Crippen molar-refractivity contribution in [3.8, 4) is 5.88 Å². The number of ether oxygens (including phenoxy) is 1. The van der Waals surface area contributed by atoms with Crippen molar-refractivity contribution >= 4 is 33.3 Å². The zero-order valence-electron chi connectivity index (χ0n) is 10.1. The lowest BCUT2D eigenvalue weighted by atomic mass is 10.1. The minimum absolute atomic E-state index is 0.0658. The van der Waals surface area contributed by atoms with Crippen LogP contribution >= 0.6 is 27.5 Å². The number of hydrogen-bond acceptors (Lipinski definition) is 4. The molecule has 0 saturated carbocycles. The molecule has 0 saturated heterocycles. The maximum atomic E-state index is 12.1. The first kappa shape index (κ1) is 14.0. The molecule has 1 aromatic heterocycles. The Kier molecular flexibility index (Phi) is 4.50. The Morgan fingerprint density at radius 2 is 2.11 bits per heavy atom. The van der Waals surface area contributed by atoms with Crippen LogP contribution in [0.15, 0.2) is 35.1 Å². The highest BCUT2D eigenvalue weighted by atomic mass is 79.9. The summed E-state index contributed by atoms with van der Waals surface area (Å²) in [5.74, 6) is 0.369. The molecule has 0 radical (unpaired) electrons. The molecule has 2 aromatic rings. The Hall–Kier alpha value is -1.46. The molecule has 0 fully saturated rings. The first-order valence-electron chi connectivity index (χ1n) is 5.42. The van der Waals surface area contributed by atoms with E-state index in [1.165, 1.54) is 13.4 Å². The summed E-state index contributed by atoms with van der Waals surface area (Å²) in [6, 6.07) is 6.73. The van der Waals surface area contributed by atoms with E-state index < -0.39 is 0 Å². The van der Waals surface area contributed by atoms with Gasteiger partial charge < -0.3 is 4.74 Å². The van der Waals surface area contributed by atoms with E-state index in [-0.39, 0.29) is 12.2 Å². The fourth-order valence-corrected chi connectivity index (χ4v) is 2.43. The van der Waals surface area contributed by atoms with Crippen LogP contribution in [0.4, 0.5) is 0 Å². The van der Waals surface area contributed by atoms with Gasteiger partial charge in [-0.3, -0.25) is 4.79 Å². The molecular weight excluding hydrogens is 332 g/mol. The largest absolute Gasteiger partial charge is 0.481 e. The van der Waals surface area contributed by atoms with Gasteiger partial charge in [-0.05, 0) is 18.2 Å². The predicted octanol–water partition coefficient (Wildman–Crippen LogP) is 3.33. The van der Waals surface area contributed by atoms with Crippen LogP contribution in [0.25, 0.3) is 0 Å². The molecule has 0 aliphatic heterocycles. The summed E-state index contributed by atoms with van der Waals surface area (Å²) in [4.78, 5) is 20.1. The second kappa shape index (κ2) is 6.12. The highest BCUT2D eigenvalue weighted by Gasteiger charge is 2.10. The van der Waals surface area contributed by atoms with Gasteiger partial charge in [0.2, 0.25) is 5.88 Å². The molecule has 0 spiro atoms. The van der Waals surface area contributed by atoms with Crippen LogP contribution in [0.3, 0.4) is 0 Å². The molecule has 0 bridgehead atoms. The van der Waals surface area contributed by atoms with Crippen molar-refractivity contribution in [1.82, 2.24) is 9.97 Å². The van der Waals surface area contributed by atoms with Crippen molar-refractivity contribution in [2.24, 2.45) is 0 Å². The molecule has 19 heavy (non-hydrogen) atoms. The molecule has 6 heteroatoms. The van der Waals surface area contributed by atoms with E-state index in [4.69, 9.17) is 16.3 Å². The van der Waals surface area contributed by atoms with Crippen LogP contribution in [-0.4, -0.2) is 22.9 Å². The quantitative estimate of drug-likeness (QED) is 0.801. The van der Waals surface area contributed by atoms with Gasteiger partial charge in [-0.1, -0.05) is 27.5 Å². The number of Topliss-reactive ketones (excluding diaryl/α,β-unsaturated/α-hetero) is 1. The third kappa shape index (κ3) is 3.75. The minimum Gasteiger partial charge on any atom is -0.481 e. The van der Waals surface area contributed by atoms with Crippen molar-refractivity contribution in [1.29, 1.82) is 0 Å². The summed E-state index contributed by atoms with van der Waals surface area (Å²) in [6.45, 7) is 0. The molecule has 1 heterocycles. The maximum Gasteiger partial charge on any atom is 0.216 e. The van der Waals surface area contributed by atoms with Crippen molar-refractivity contribution in [3.05, 3.63) is 51.3 Å². The fourth-order valence-electron chi connectivity index (χ4n) is 1.57. The Morgan fingerprint density at radius 3 is 2.79 bits per heavy atom. The Labute approximate surface area is 123 Å². The summed E-state index contributed by atoms with van der Waals surface area (Å²) in [6.07, 6.45) is 1.54. The molecule has 0 aliphatic rings. The van der Waals surface area contributed by atoms with Crippen LogP contribution in [0.1, 0.15) is 16.1 Å². The molecule has 0 N–H and O–H groups in total. The number of rotatable bonds is 4. The summed E-state index contributed by atoms with van der Waals surface area (Å²) in [5, 5.41) is 0.512. The van der Waals surface area contributed by atoms with Gasteiger partial charge in [-0.2, -0.15) is 0 Å². The highest BCUT2D eigenvalue weighted by Crippen LogP contribution is 2.20. The average molecular weight is 342 g/mol. The van der Waals surface area contributed by atoms with Gasteiger partial charge in [0.15, 0.2) is 5.78 Å². The molecule has 0 unspecified atom stereocenters. The van der Waals surface area contributed by atoms with Crippen LogP contribution in [-0.2, 0) is 6.42 Å². The minimum atomic E-state index is -0.0658. The number of carbonyl (C=O) groups excluding carboxylic acids is 1. The Morgan fingerprint density at radius 1 is 1.32 bits per heavy atom. The molecule has 98 valence electrons. The predicted molar refractivity (Wildman–Crippen MR) is 75.8 cm³/mol. The maximum absolute atomic E-state index is 12.1. The number of benzene rings is 1. The number of hydrogen-bond donors (Lipinski definition) is 0. The summed E-state index contributed by atoms with van der Waals surface area (Å²) in [7, 11) is 1.52. The first-order valence-corrected chi connectivity index (χ1v) is 6.60. The van der Waals surface area contributed by atoms with E-state index in [2.05, 4.69) is 25.9 Å². The van der Waals surface area contributed by atoms with Crippen molar-refractivity contribution in [2.45, 2.75) is 6.42 Å². The first-order chi connectivity index (χ1) is 9.08.